The van der Waals surface area contributed by atoms with E-state index in [1.807, 2.05) is 80.8 Å². The maximum absolute atomic E-state index is 12.3. The van der Waals surface area contributed by atoms with Crippen molar-refractivity contribution in [2.75, 3.05) is 12.4 Å². The lowest BCUT2D eigenvalue weighted by molar-refractivity contribution is -0.119. The summed E-state index contributed by atoms with van der Waals surface area (Å²) in [6.45, 7) is 8.64. The number of rotatable bonds is 9. The van der Waals surface area contributed by atoms with Gasteiger partial charge in [-0.05, 0) is 76.2 Å². The fraction of sp³-hybridized carbons (Fsp3) is 0.348. The van der Waals surface area contributed by atoms with E-state index in [4.69, 9.17) is 9.47 Å². The van der Waals surface area contributed by atoms with Crippen molar-refractivity contribution in [1.29, 1.82) is 0 Å². The van der Waals surface area contributed by atoms with Gasteiger partial charge in [0.15, 0.2) is 11.0 Å². The molecule has 0 aliphatic heterocycles. The van der Waals surface area contributed by atoms with E-state index in [1.54, 1.807) is 0 Å². The van der Waals surface area contributed by atoms with E-state index in [-0.39, 0.29) is 23.8 Å². The monoisotopic (exact) mass is 518 g/mol. The molecule has 0 bridgehead atoms. The van der Waals surface area contributed by atoms with Crippen molar-refractivity contribution in [3.63, 3.8) is 0 Å². The number of nitrogens with zero attached hydrogens (tertiary/aromatic N) is 3. The lowest BCUT2D eigenvalue weighted by Gasteiger charge is -2.20. The minimum Gasteiger partial charge on any atom is -0.494 e. The molecule has 0 aliphatic rings. The van der Waals surface area contributed by atoms with Crippen LogP contribution in [0.1, 0.15) is 33.5 Å². The molecule has 0 fully saturated rings. The summed E-state index contributed by atoms with van der Waals surface area (Å²) < 4.78 is 14.4. The Morgan fingerprint density at radius 2 is 1.66 bits per heavy atom. The smallest absolute Gasteiger partial charge is 0.230 e. The summed E-state index contributed by atoms with van der Waals surface area (Å²) in [6, 6.07) is 15.3. The van der Waals surface area contributed by atoms with Gasteiger partial charge < -0.3 is 14.8 Å². The van der Waals surface area contributed by atoms with Crippen LogP contribution in [0.2, 0.25) is 0 Å². The van der Waals surface area contributed by atoms with Crippen LogP contribution in [0.5, 0.6) is 11.5 Å². The molecule has 0 saturated carbocycles. The summed E-state index contributed by atoms with van der Waals surface area (Å²) in [7, 11) is 0. The van der Waals surface area contributed by atoms with Crippen molar-refractivity contribution in [1.82, 2.24) is 20.1 Å². The summed E-state index contributed by atoms with van der Waals surface area (Å²) in [6.07, 6.45) is 0. The van der Waals surface area contributed by atoms with Gasteiger partial charge in [0.25, 0.3) is 0 Å². The fourth-order valence-corrected chi connectivity index (χ4v) is 3.90. The molecule has 2 aromatic carbocycles. The first kappa shape index (κ1) is 24.1. The normalized spacial score (nSPS) is 11.3. The lowest BCUT2D eigenvalue weighted by Crippen LogP contribution is -2.41. The van der Waals surface area contributed by atoms with E-state index in [0.29, 0.717) is 17.6 Å². The summed E-state index contributed by atoms with van der Waals surface area (Å²) in [5, 5.41) is 12.2. The molecule has 1 N–H and O–H groups in total. The van der Waals surface area contributed by atoms with E-state index < -0.39 is 0 Å². The third-order valence-corrected chi connectivity index (χ3v) is 5.59. The zero-order valence-electron chi connectivity index (χ0n) is 18.6. The molecule has 1 amide bonds. The van der Waals surface area contributed by atoms with Crippen LogP contribution in [0.15, 0.2) is 58.2 Å². The quantitative estimate of drug-likeness (QED) is 0.401. The molecule has 0 spiro atoms. The summed E-state index contributed by atoms with van der Waals surface area (Å²) in [5.74, 6) is 2.33. The Morgan fingerprint density at radius 3 is 2.28 bits per heavy atom. The number of carbonyl (C=O) groups is 1. The minimum atomic E-state index is -0.288. The largest absolute Gasteiger partial charge is 0.494 e. The molecule has 1 heterocycles. The molecule has 9 heteroatoms. The van der Waals surface area contributed by atoms with E-state index in [0.717, 1.165) is 21.7 Å². The Labute approximate surface area is 201 Å². The van der Waals surface area contributed by atoms with Crippen LogP contribution in [0.3, 0.4) is 0 Å². The van der Waals surface area contributed by atoms with Crippen LogP contribution in [-0.4, -0.2) is 38.6 Å². The van der Waals surface area contributed by atoms with Crippen molar-refractivity contribution in [2.24, 2.45) is 0 Å². The van der Waals surface area contributed by atoms with Gasteiger partial charge in [0.1, 0.15) is 18.1 Å². The SMILES string of the molecule is CCOc1ccc(-n2c(COc3ccc(Br)cc3)nnc2SCC(=O)NC(C)(C)C)cc1. The lowest BCUT2D eigenvalue weighted by atomic mass is 10.1. The number of hydrogen-bond acceptors (Lipinski definition) is 6. The molecule has 170 valence electrons. The minimum absolute atomic E-state index is 0.0589. The highest BCUT2D eigenvalue weighted by Gasteiger charge is 2.19. The number of carbonyl (C=O) groups excluding carboxylic acids is 1. The van der Waals surface area contributed by atoms with Gasteiger partial charge in [-0.15, -0.1) is 10.2 Å². The van der Waals surface area contributed by atoms with Crippen LogP contribution in [0.4, 0.5) is 0 Å². The number of hydrogen-bond donors (Lipinski definition) is 1. The second-order valence-corrected chi connectivity index (χ2v) is 9.85. The molecule has 0 aliphatic carbocycles. The summed E-state index contributed by atoms with van der Waals surface area (Å²) in [4.78, 5) is 12.3. The second kappa shape index (κ2) is 10.9. The highest BCUT2D eigenvalue weighted by molar-refractivity contribution is 9.10. The van der Waals surface area contributed by atoms with Crippen molar-refractivity contribution in [3.05, 3.63) is 58.8 Å². The average Bonchev–Trinajstić information content (AvgIpc) is 3.14. The van der Waals surface area contributed by atoms with E-state index in [1.165, 1.54) is 11.8 Å². The molecule has 1 aromatic heterocycles. The van der Waals surface area contributed by atoms with Gasteiger partial charge in [-0.25, -0.2) is 0 Å². The zero-order chi connectivity index (χ0) is 23.1. The third-order valence-electron chi connectivity index (χ3n) is 4.13. The van der Waals surface area contributed by atoms with E-state index in [2.05, 4.69) is 31.4 Å². The number of ether oxygens (including phenoxy) is 2. The van der Waals surface area contributed by atoms with Crippen molar-refractivity contribution >= 4 is 33.6 Å². The molecule has 0 unspecified atom stereocenters. The molecule has 7 nitrogen and oxygen atoms in total. The Morgan fingerprint density at radius 1 is 1.03 bits per heavy atom. The molecule has 32 heavy (non-hydrogen) atoms. The van der Waals surface area contributed by atoms with Gasteiger partial charge >= 0.3 is 0 Å². The van der Waals surface area contributed by atoms with Gasteiger partial charge in [-0.1, -0.05) is 27.7 Å². The molecule has 3 rings (SSSR count). The van der Waals surface area contributed by atoms with Crippen LogP contribution >= 0.6 is 27.7 Å². The molecular weight excluding hydrogens is 492 g/mol. The van der Waals surface area contributed by atoms with Crippen molar-refractivity contribution in [2.45, 2.75) is 45.0 Å². The van der Waals surface area contributed by atoms with Gasteiger partial charge in [0, 0.05) is 15.7 Å². The standard InChI is InChI=1S/C23H27BrN4O3S/c1-5-30-18-12-8-17(9-13-18)28-20(14-31-19-10-6-16(24)7-11-19)26-27-22(28)32-15-21(29)25-23(2,3)4/h6-13H,5,14-15H2,1-4H3,(H,25,29). The predicted molar refractivity (Wildman–Crippen MR) is 130 cm³/mol. The van der Waals surface area contributed by atoms with Gasteiger partial charge in [-0.2, -0.15) is 0 Å². The van der Waals surface area contributed by atoms with Crippen LogP contribution in [0.25, 0.3) is 5.69 Å². The molecule has 0 saturated heterocycles. The maximum atomic E-state index is 12.3. The number of amides is 1. The van der Waals surface area contributed by atoms with Crippen molar-refractivity contribution in [3.8, 4) is 17.2 Å². The number of benzene rings is 2. The summed E-state index contributed by atoms with van der Waals surface area (Å²) in [5.41, 5.74) is 0.580. The van der Waals surface area contributed by atoms with Crippen LogP contribution in [-0.2, 0) is 11.4 Å². The van der Waals surface area contributed by atoms with E-state index >= 15 is 0 Å². The molecule has 3 aromatic rings. The summed E-state index contributed by atoms with van der Waals surface area (Å²) >= 11 is 4.76. The topological polar surface area (TPSA) is 78.3 Å². The number of aromatic nitrogens is 3. The van der Waals surface area contributed by atoms with Crippen LogP contribution < -0.4 is 14.8 Å². The Bertz CT molecular complexity index is 1030. The fourth-order valence-electron chi connectivity index (χ4n) is 2.87. The van der Waals surface area contributed by atoms with Gasteiger partial charge in [0.05, 0.1) is 12.4 Å². The van der Waals surface area contributed by atoms with Gasteiger partial charge in [-0.3, -0.25) is 9.36 Å². The number of halogens is 1. The highest BCUT2D eigenvalue weighted by Crippen LogP contribution is 2.25. The second-order valence-electron chi connectivity index (χ2n) is 7.99. The first-order valence-corrected chi connectivity index (χ1v) is 12.0. The first-order valence-electron chi connectivity index (χ1n) is 10.2. The highest BCUT2D eigenvalue weighted by atomic mass is 79.9. The van der Waals surface area contributed by atoms with E-state index in [9.17, 15) is 4.79 Å². The number of nitrogens with one attached hydrogen (secondary N) is 1. The maximum Gasteiger partial charge on any atom is 0.230 e. The third kappa shape index (κ3) is 7.00. The van der Waals surface area contributed by atoms with Gasteiger partial charge in [0.2, 0.25) is 5.91 Å². The first-order chi connectivity index (χ1) is 15.2. The Kier molecular flexibility index (Phi) is 8.20. The number of thioether (sulfide) groups is 1. The molecular formula is C23H27BrN4O3S. The molecule has 0 atom stereocenters. The average molecular weight is 519 g/mol. The zero-order valence-corrected chi connectivity index (χ0v) is 21.0. The van der Waals surface area contributed by atoms with Crippen molar-refractivity contribution < 1.29 is 14.3 Å². The Balaban J connectivity index is 1.82. The molecule has 0 radical (unpaired) electrons. The Hall–Kier alpha value is -2.52. The van der Waals surface area contributed by atoms with Crippen LogP contribution in [0, 0.1) is 0 Å². The predicted octanol–water partition coefficient (Wildman–Crippen LogP) is 5.01.